The number of hydrogen-bond acceptors (Lipinski definition) is 2. The standard InChI is InChI=1S/C25H34N2.C2H6/c1-24-13-16-27(3)15-11-19(24)6-7-20-22-9-8-21(18-5-4-14-26-17-18)25(22,2)12-10-23(20)24;1-2/h4-5,8,11,14,17,20,22-23H,6-7,9-10,12-13,15-16H2,1-3H3;1-2H3. The van der Waals surface area contributed by atoms with Gasteiger partial charge in [0, 0.05) is 18.9 Å². The first kappa shape index (κ1) is 20.8. The second-order valence-electron chi connectivity index (χ2n) is 10.1. The van der Waals surface area contributed by atoms with Gasteiger partial charge in [0.2, 0.25) is 0 Å². The van der Waals surface area contributed by atoms with Crippen molar-refractivity contribution in [2.45, 2.75) is 66.2 Å². The van der Waals surface area contributed by atoms with Crippen LogP contribution in [0.3, 0.4) is 0 Å². The molecule has 29 heavy (non-hydrogen) atoms. The van der Waals surface area contributed by atoms with Gasteiger partial charge in [0.25, 0.3) is 0 Å². The number of nitrogens with zero attached hydrogens (tertiary/aromatic N) is 2. The summed E-state index contributed by atoms with van der Waals surface area (Å²) in [5, 5.41) is 0. The summed E-state index contributed by atoms with van der Waals surface area (Å²) in [4.78, 5) is 6.92. The maximum atomic E-state index is 4.41. The molecular weight excluding hydrogens is 352 g/mol. The normalized spacial score (nSPS) is 39.0. The molecule has 0 saturated heterocycles. The highest BCUT2D eigenvalue weighted by Gasteiger charge is 2.56. The summed E-state index contributed by atoms with van der Waals surface area (Å²) >= 11 is 0. The van der Waals surface area contributed by atoms with E-state index >= 15 is 0 Å². The Hall–Kier alpha value is -1.41. The first-order valence-corrected chi connectivity index (χ1v) is 12.0. The molecule has 0 N–H and O–H groups in total. The molecule has 5 atom stereocenters. The van der Waals surface area contributed by atoms with E-state index in [4.69, 9.17) is 0 Å². The smallest absolute Gasteiger partial charge is 0.0343 e. The second-order valence-corrected chi connectivity index (χ2v) is 10.1. The van der Waals surface area contributed by atoms with E-state index in [9.17, 15) is 0 Å². The Morgan fingerprint density at radius 1 is 1.03 bits per heavy atom. The lowest BCUT2D eigenvalue weighted by Gasteiger charge is -2.57. The van der Waals surface area contributed by atoms with Crippen LogP contribution in [0.5, 0.6) is 0 Å². The number of aromatic nitrogens is 1. The summed E-state index contributed by atoms with van der Waals surface area (Å²) < 4.78 is 0. The third-order valence-electron chi connectivity index (χ3n) is 8.95. The highest BCUT2D eigenvalue weighted by atomic mass is 15.1. The number of hydrogen-bond donors (Lipinski definition) is 0. The van der Waals surface area contributed by atoms with Crippen LogP contribution in [-0.2, 0) is 0 Å². The van der Waals surface area contributed by atoms with Crippen molar-refractivity contribution in [2.24, 2.45) is 28.6 Å². The average Bonchev–Trinajstić information content (AvgIpc) is 3.03. The molecule has 5 rings (SSSR count). The fraction of sp³-hybridized carbons (Fsp3) is 0.667. The summed E-state index contributed by atoms with van der Waals surface area (Å²) in [6, 6.07) is 4.36. The van der Waals surface area contributed by atoms with E-state index < -0.39 is 0 Å². The summed E-state index contributed by atoms with van der Waals surface area (Å²) in [5.41, 5.74) is 5.52. The fourth-order valence-electron chi connectivity index (χ4n) is 7.33. The van der Waals surface area contributed by atoms with Crippen LogP contribution in [0.15, 0.2) is 42.3 Å². The van der Waals surface area contributed by atoms with Crippen molar-refractivity contribution >= 4 is 5.57 Å². The molecule has 2 heteroatoms. The number of fused-ring (bicyclic) bond motifs is 5. The van der Waals surface area contributed by atoms with Gasteiger partial charge in [-0.15, -0.1) is 0 Å². The minimum Gasteiger partial charge on any atom is -0.303 e. The van der Waals surface area contributed by atoms with Crippen molar-refractivity contribution in [1.29, 1.82) is 0 Å². The zero-order valence-corrected chi connectivity index (χ0v) is 19.2. The lowest BCUT2D eigenvalue weighted by molar-refractivity contribution is -0.0194. The van der Waals surface area contributed by atoms with Gasteiger partial charge in [-0.3, -0.25) is 4.98 Å². The van der Waals surface area contributed by atoms with E-state index in [1.807, 2.05) is 20.0 Å². The molecule has 1 aromatic heterocycles. The first-order valence-electron chi connectivity index (χ1n) is 12.0. The van der Waals surface area contributed by atoms with Gasteiger partial charge in [-0.05, 0) is 97.9 Å². The Morgan fingerprint density at radius 2 is 1.86 bits per heavy atom. The van der Waals surface area contributed by atoms with Gasteiger partial charge < -0.3 is 4.90 Å². The van der Waals surface area contributed by atoms with Crippen LogP contribution in [0, 0.1) is 28.6 Å². The van der Waals surface area contributed by atoms with E-state index in [2.05, 4.69) is 61.3 Å². The molecule has 3 aliphatic carbocycles. The molecule has 2 fully saturated rings. The minimum absolute atomic E-state index is 0.350. The van der Waals surface area contributed by atoms with Crippen LogP contribution in [0.1, 0.15) is 71.8 Å². The molecule has 0 bridgehead atoms. The molecule has 2 nitrogen and oxygen atoms in total. The van der Waals surface area contributed by atoms with Crippen LogP contribution in [0.4, 0.5) is 0 Å². The molecule has 0 aromatic carbocycles. The Kier molecular flexibility index (Phi) is 5.77. The van der Waals surface area contributed by atoms with Gasteiger partial charge in [-0.1, -0.05) is 51.5 Å². The molecule has 158 valence electrons. The topological polar surface area (TPSA) is 16.1 Å². The molecular formula is C27H40N2. The monoisotopic (exact) mass is 392 g/mol. The number of likely N-dealkylation sites (N-methyl/N-ethyl adjacent to an activating group) is 1. The van der Waals surface area contributed by atoms with Crippen molar-refractivity contribution in [1.82, 2.24) is 9.88 Å². The minimum atomic E-state index is 0.350. The Labute approximate surface area is 178 Å². The van der Waals surface area contributed by atoms with Crippen LogP contribution < -0.4 is 0 Å². The first-order chi connectivity index (χ1) is 14.0. The van der Waals surface area contributed by atoms with Gasteiger partial charge >= 0.3 is 0 Å². The van der Waals surface area contributed by atoms with E-state index in [1.165, 1.54) is 50.6 Å². The van der Waals surface area contributed by atoms with Crippen molar-refractivity contribution in [2.75, 3.05) is 20.1 Å². The van der Waals surface area contributed by atoms with Crippen LogP contribution in [-0.4, -0.2) is 30.0 Å². The zero-order chi connectivity index (χ0) is 20.6. The molecule has 1 aliphatic heterocycles. The lowest BCUT2D eigenvalue weighted by atomic mass is 9.47. The summed E-state index contributed by atoms with van der Waals surface area (Å²) in [6.45, 7) is 11.6. The second kappa shape index (κ2) is 8.02. The Bertz CT molecular complexity index is 779. The lowest BCUT2D eigenvalue weighted by Crippen LogP contribution is -2.49. The SMILES string of the molecule is CC.CN1CC=C2CCC3C(CCC4(C)C(c5cccnc5)=CCC34)C2(C)CC1. The van der Waals surface area contributed by atoms with E-state index in [-0.39, 0.29) is 0 Å². The van der Waals surface area contributed by atoms with Gasteiger partial charge in [0.15, 0.2) is 0 Å². The van der Waals surface area contributed by atoms with Crippen LogP contribution in [0.25, 0.3) is 5.57 Å². The molecule has 2 heterocycles. The van der Waals surface area contributed by atoms with E-state index in [1.54, 1.807) is 11.1 Å². The molecule has 0 radical (unpaired) electrons. The predicted molar refractivity (Wildman–Crippen MR) is 124 cm³/mol. The summed E-state index contributed by atoms with van der Waals surface area (Å²) in [5.74, 6) is 2.59. The average molecular weight is 393 g/mol. The maximum Gasteiger partial charge on any atom is 0.0343 e. The number of allylic oxidation sites excluding steroid dienone is 3. The Morgan fingerprint density at radius 3 is 2.62 bits per heavy atom. The number of rotatable bonds is 1. The van der Waals surface area contributed by atoms with Crippen LogP contribution in [0.2, 0.25) is 0 Å². The van der Waals surface area contributed by atoms with E-state index in [0.29, 0.717) is 10.8 Å². The zero-order valence-electron chi connectivity index (χ0n) is 19.2. The van der Waals surface area contributed by atoms with Crippen molar-refractivity contribution in [3.63, 3.8) is 0 Å². The third kappa shape index (κ3) is 3.32. The molecule has 2 saturated carbocycles. The third-order valence-corrected chi connectivity index (χ3v) is 8.95. The van der Waals surface area contributed by atoms with Crippen molar-refractivity contribution < 1.29 is 0 Å². The van der Waals surface area contributed by atoms with Crippen LogP contribution >= 0.6 is 0 Å². The largest absolute Gasteiger partial charge is 0.303 e. The molecule has 1 aromatic rings. The predicted octanol–water partition coefficient (Wildman–Crippen LogP) is 6.61. The molecule has 0 spiro atoms. The molecule has 5 unspecified atom stereocenters. The Balaban J connectivity index is 0.000000994. The van der Waals surface area contributed by atoms with Gasteiger partial charge in [-0.25, -0.2) is 0 Å². The van der Waals surface area contributed by atoms with Gasteiger partial charge in [0.05, 0.1) is 0 Å². The molecule has 0 amide bonds. The van der Waals surface area contributed by atoms with Gasteiger partial charge in [-0.2, -0.15) is 0 Å². The van der Waals surface area contributed by atoms with Crippen molar-refractivity contribution in [3.8, 4) is 0 Å². The van der Waals surface area contributed by atoms with E-state index in [0.717, 1.165) is 24.3 Å². The maximum absolute atomic E-state index is 4.41. The van der Waals surface area contributed by atoms with Gasteiger partial charge in [0.1, 0.15) is 0 Å². The fourth-order valence-corrected chi connectivity index (χ4v) is 7.33. The quantitative estimate of drug-likeness (QED) is 0.500. The highest BCUT2D eigenvalue weighted by Crippen LogP contribution is 2.66. The summed E-state index contributed by atoms with van der Waals surface area (Å²) in [6.07, 6.45) is 17.2. The number of pyridine rings is 1. The highest BCUT2D eigenvalue weighted by molar-refractivity contribution is 5.72. The molecule has 4 aliphatic rings. The van der Waals surface area contributed by atoms with Crippen molar-refractivity contribution in [3.05, 3.63) is 47.8 Å². The summed E-state index contributed by atoms with van der Waals surface area (Å²) in [7, 11) is 2.29.